The van der Waals surface area contributed by atoms with Gasteiger partial charge >= 0.3 is 0 Å². The molecule has 174 valence electrons. The molecule has 0 aromatic heterocycles. The van der Waals surface area contributed by atoms with Gasteiger partial charge in [-0.3, -0.25) is 9.59 Å². The minimum atomic E-state index is -0.631. The van der Waals surface area contributed by atoms with Crippen molar-refractivity contribution in [3.8, 4) is 11.5 Å². The predicted molar refractivity (Wildman–Crippen MR) is 128 cm³/mol. The van der Waals surface area contributed by atoms with Gasteiger partial charge in [0.15, 0.2) is 11.5 Å². The average Bonchev–Trinajstić information content (AvgIpc) is 2.80. The Kier molecular flexibility index (Phi) is 10.1. The fourth-order valence-electron chi connectivity index (χ4n) is 3.24. The number of methoxy groups -OCH3 is 2. The lowest BCUT2D eigenvalue weighted by Gasteiger charge is -2.29. The molecular formula is C24H30Cl2N2O4. The summed E-state index contributed by atoms with van der Waals surface area (Å²) in [7, 11) is 3.15. The number of benzene rings is 2. The highest BCUT2D eigenvalue weighted by Crippen LogP contribution is 2.28. The SMILES string of the molecule is CCCNC(=O)[C@H](C)N(Cc1ccc(Cl)c(Cl)c1)C(=O)CCc1ccc(OC)c(OC)c1. The summed E-state index contributed by atoms with van der Waals surface area (Å²) in [6.45, 7) is 4.52. The number of amides is 2. The smallest absolute Gasteiger partial charge is 0.242 e. The van der Waals surface area contributed by atoms with E-state index in [2.05, 4.69) is 5.32 Å². The molecule has 0 aliphatic heterocycles. The zero-order chi connectivity index (χ0) is 23.7. The van der Waals surface area contributed by atoms with Gasteiger partial charge in [-0.15, -0.1) is 0 Å². The Bertz CT molecular complexity index is 936. The first-order chi connectivity index (χ1) is 15.3. The van der Waals surface area contributed by atoms with Crippen molar-refractivity contribution < 1.29 is 19.1 Å². The molecule has 2 amide bonds. The molecule has 2 aromatic carbocycles. The number of hydrogen-bond acceptors (Lipinski definition) is 4. The molecular weight excluding hydrogens is 451 g/mol. The molecule has 32 heavy (non-hydrogen) atoms. The Labute approximate surface area is 199 Å². The number of nitrogens with one attached hydrogen (secondary N) is 1. The van der Waals surface area contributed by atoms with Gasteiger partial charge in [0, 0.05) is 19.5 Å². The molecule has 0 aliphatic rings. The zero-order valence-electron chi connectivity index (χ0n) is 18.9. The van der Waals surface area contributed by atoms with Crippen LogP contribution >= 0.6 is 23.2 Å². The first-order valence-electron chi connectivity index (χ1n) is 10.5. The lowest BCUT2D eigenvalue weighted by molar-refractivity contribution is -0.140. The summed E-state index contributed by atoms with van der Waals surface area (Å²) in [5.41, 5.74) is 1.74. The molecule has 0 unspecified atom stereocenters. The van der Waals surface area contributed by atoms with Crippen molar-refractivity contribution in [2.75, 3.05) is 20.8 Å². The van der Waals surface area contributed by atoms with E-state index in [0.717, 1.165) is 17.5 Å². The molecule has 0 spiro atoms. The Morgan fingerprint density at radius 2 is 1.69 bits per heavy atom. The van der Waals surface area contributed by atoms with Crippen molar-refractivity contribution in [1.29, 1.82) is 0 Å². The Hall–Kier alpha value is -2.44. The maximum absolute atomic E-state index is 13.2. The Morgan fingerprint density at radius 3 is 2.31 bits per heavy atom. The van der Waals surface area contributed by atoms with Gasteiger partial charge in [-0.05, 0) is 55.2 Å². The van der Waals surface area contributed by atoms with Crippen LogP contribution < -0.4 is 14.8 Å². The molecule has 0 saturated heterocycles. The number of hydrogen-bond donors (Lipinski definition) is 1. The van der Waals surface area contributed by atoms with E-state index in [4.69, 9.17) is 32.7 Å². The van der Waals surface area contributed by atoms with Gasteiger partial charge in [-0.25, -0.2) is 0 Å². The number of ether oxygens (including phenoxy) is 2. The van der Waals surface area contributed by atoms with E-state index >= 15 is 0 Å². The van der Waals surface area contributed by atoms with Crippen LogP contribution in [0.3, 0.4) is 0 Å². The maximum Gasteiger partial charge on any atom is 0.242 e. The second-order valence-corrected chi connectivity index (χ2v) is 8.24. The topological polar surface area (TPSA) is 67.9 Å². The molecule has 2 rings (SSSR count). The lowest BCUT2D eigenvalue weighted by atomic mass is 10.1. The number of rotatable bonds is 11. The highest BCUT2D eigenvalue weighted by atomic mass is 35.5. The summed E-state index contributed by atoms with van der Waals surface area (Å²) in [5.74, 6) is 0.916. The van der Waals surface area contributed by atoms with Crippen LogP contribution in [0.2, 0.25) is 10.0 Å². The number of carbonyl (C=O) groups excluding carboxylic acids is 2. The number of halogens is 2. The molecule has 0 bridgehead atoms. The van der Waals surface area contributed by atoms with E-state index in [1.807, 2.05) is 25.1 Å². The fraction of sp³-hybridized carbons (Fsp3) is 0.417. The molecule has 1 atom stereocenters. The van der Waals surface area contributed by atoms with Crippen LogP contribution in [-0.2, 0) is 22.6 Å². The molecule has 0 heterocycles. The number of carbonyl (C=O) groups is 2. The van der Waals surface area contributed by atoms with Crippen LogP contribution in [0.1, 0.15) is 37.8 Å². The normalized spacial score (nSPS) is 11.6. The van der Waals surface area contributed by atoms with Crippen LogP contribution in [-0.4, -0.2) is 43.5 Å². The Balaban J connectivity index is 2.18. The second kappa shape index (κ2) is 12.6. The van der Waals surface area contributed by atoms with E-state index in [-0.39, 0.29) is 24.8 Å². The van der Waals surface area contributed by atoms with Crippen LogP contribution in [0.15, 0.2) is 36.4 Å². The molecule has 0 fully saturated rings. The van der Waals surface area contributed by atoms with E-state index < -0.39 is 6.04 Å². The monoisotopic (exact) mass is 480 g/mol. The minimum Gasteiger partial charge on any atom is -0.493 e. The average molecular weight is 481 g/mol. The molecule has 1 N–H and O–H groups in total. The summed E-state index contributed by atoms with van der Waals surface area (Å²) in [5, 5.41) is 3.71. The van der Waals surface area contributed by atoms with E-state index in [1.54, 1.807) is 44.2 Å². The number of aryl methyl sites for hydroxylation is 1. The van der Waals surface area contributed by atoms with Crippen LogP contribution in [0.25, 0.3) is 0 Å². The van der Waals surface area contributed by atoms with Gasteiger partial charge < -0.3 is 19.7 Å². The van der Waals surface area contributed by atoms with Gasteiger partial charge in [0.1, 0.15) is 6.04 Å². The molecule has 6 nitrogen and oxygen atoms in total. The van der Waals surface area contributed by atoms with E-state index in [1.165, 1.54) is 0 Å². The van der Waals surface area contributed by atoms with Crippen molar-refractivity contribution in [2.24, 2.45) is 0 Å². The summed E-state index contributed by atoms with van der Waals surface area (Å²) >= 11 is 12.2. The first kappa shape index (κ1) is 25.8. The molecule has 0 aliphatic carbocycles. The third-order valence-electron chi connectivity index (χ3n) is 5.13. The van der Waals surface area contributed by atoms with Crippen LogP contribution in [0.5, 0.6) is 11.5 Å². The van der Waals surface area contributed by atoms with Crippen molar-refractivity contribution >= 4 is 35.0 Å². The summed E-state index contributed by atoms with van der Waals surface area (Å²) in [6, 6.07) is 10.1. The van der Waals surface area contributed by atoms with Gasteiger partial charge in [-0.1, -0.05) is 42.3 Å². The van der Waals surface area contributed by atoms with Gasteiger partial charge in [0.2, 0.25) is 11.8 Å². The fourth-order valence-corrected chi connectivity index (χ4v) is 3.56. The van der Waals surface area contributed by atoms with Gasteiger partial charge in [0.25, 0.3) is 0 Å². The quantitative estimate of drug-likeness (QED) is 0.497. The van der Waals surface area contributed by atoms with E-state index in [0.29, 0.717) is 34.5 Å². The third kappa shape index (κ3) is 7.04. The third-order valence-corrected chi connectivity index (χ3v) is 5.87. The highest BCUT2D eigenvalue weighted by molar-refractivity contribution is 6.42. The van der Waals surface area contributed by atoms with Crippen LogP contribution in [0, 0.1) is 0 Å². The van der Waals surface area contributed by atoms with Crippen molar-refractivity contribution in [2.45, 2.75) is 45.7 Å². The molecule has 0 radical (unpaired) electrons. The predicted octanol–water partition coefficient (Wildman–Crippen LogP) is 4.89. The molecule has 2 aromatic rings. The van der Waals surface area contributed by atoms with Crippen molar-refractivity contribution in [1.82, 2.24) is 10.2 Å². The number of nitrogens with zero attached hydrogens (tertiary/aromatic N) is 1. The largest absolute Gasteiger partial charge is 0.493 e. The summed E-state index contributed by atoms with van der Waals surface area (Å²) in [4.78, 5) is 27.4. The van der Waals surface area contributed by atoms with E-state index in [9.17, 15) is 9.59 Å². The molecule has 0 saturated carbocycles. The minimum absolute atomic E-state index is 0.134. The second-order valence-electron chi connectivity index (χ2n) is 7.43. The van der Waals surface area contributed by atoms with Crippen molar-refractivity contribution in [3.05, 3.63) is 57.6 Å². The highest BCUT2D eigenvalue weighted by Gasteiger charge is 2.26. The Morgan fingerprint density at radius 1 is 1.00 bits per heavy atom. The van der Waals surface area contributed by atoms with Crippen molar-refractivity contribution in [3.63, 3.8) is 0 Å². The van der Waals surface area contributed by atoms with Gasteiger partial charge in [-0.2, -0.15) is 0 Å². The summed E-state index contributed by atoms with van der Waals surface area (Å²) in [6.07, 6.45) is 1.56. The zero-order valence-corrected chi connectivity index (χ0v) is 20.4. The van der Waals surface area contributed by atoms with Gasteiger partial charge in [0.05, 0.1) is 24.3 Å². The maximum atomic E-state index is 13.2. The standard InChI is InChI=1S/C24H30Cl2N2O4/c1-5-12-27-24(30)16(2)28(15-18-6-9-19(25)20(26)13-18)23(29)11-8-17-7-10-21(31-3)22(14-17)32-4/h6-7,9-10,13-14,16H,5,8,11-12,15H2,1-4H3,(H,27,30)/t16-/m0/s1. The first-order valence-corrected chi connectivity index (χ1v) is 11.3. The lowest BCUT2D eigenvalue weighted by Crippen LogP contribution is -2.47. The molecule has 8 heteroatoms. The summed E-state index contributed by atoms with van der Waals surface area (Å²) < 4.78 is 10.6. The van der Waals surface area contributed by atoms with Crippen LogP contribution in [0.4, 0.5) is 0 Å².